The van der Waals surface area contributed by atoms with E-state index in [-0.39, 0.29) is 12.0 Å². The molecule has 0 spiro atoms. The van der Waals surface area contributed by atoms with E-state index >= 15 is 0 Å². The van der Waals surface area contributed by atoms with Crippen LogP contribution in [0.3, 0.4) is 0 Å². The van der Waals surface area contributed by atoms with Gasteiger partial charge in [0.1, 0.15) is 0 Å². The summed E-state index contributed by atoms with van der Waals surface area (Å²) in [5.41, 5.74) is 2.50. The first-order valence-corrected chi connectivity index (χ1v) is 7.27. The molecule has 0 heterocycles. The minimum Gasteiger partial charge on any atom is -0.389 e. The standard InChI is InChI=1S/C19H22O/c1-2-9-18(20)14-15-19(16-10-5-3-6-11-16)17-12-7-4-8-13-17/h3-8,10-15,18-20H,2,9H2,1H3. The lowest BCUT2D eigenvalue weighted by atomic mass is 9.90. The average molecular weight is 266 g/mol. The van der Waals surface area contributed by atoms with Crippen LogP contribution >= 0.6 is 0 Å². The van der Waals surface area contributed by atoms with E-state index in [9.17, 15) is 5.11 Å². The SMILES string of the molecule is CCCC(O)C=CC(c1ccccc1)c1ccccc1. The van der Waals surface area contributed by atoms with Crippen LogP contribution in [0.25, 0.3) is 0 Å². The van der Waals surface area contributed by atoms with Crippen LogP contribution in [0.15, 0.2) is 72.8 Å². The van der Waals surface area contributed by atoms with Gasteiger partial charge in [0.15, 0.2) is 0 Å². The molecule has 0 aliphatic heterocycles. The van der Waals surface area contributed by atoms with Gasteiger partial charge in [0.25, 0.3) is 0 Å². The maximum absolute atomic E-state index is 9.91. The van der Waals surface area contributed by atoms with Gasteiger partial charge in [0.05, 0.1) is 6.10 Å². The molecule has 0 radical (unpaired) electrons. The molecule has 0 bridgehead atoms. The van der Waals surface area contributed by atoms with E-state index < -0.39 is 0 Å². The van der Waals surface area contributed by atoms with Crippen LogP contribution in [0.4, 0.5) is 0 Å². The first kappa shape index (κ1) is 14.5. The van der Waals surface area contributed by atoms with Gasteiger partial charge in [-0.25, -0.2) is 0 Å². The molecule has 1 N–H and O–H groups in total. The Kier molecular flexibility index (Phi) is 5.57. The molecular formula is C19H22O. The molecule has 0 fully saturated rings. The number of aliphatic hydroxyl groups is 1. The summed E-state index contributed by atoms with van der Waals surface area (Å²) in [7, 11) is 0. The fourth-order valence-electron chi connectivity index (χ4n) is 2.37. The summed E-state index contributed by atoms with van der Waals surface area (Å²) >= 11 is 0. The van der Waals surface area contributed by atoms with Crippen LogP contribution < -0.4 is 0 Å². The van der Waals surface area contributed by atoms with E-state index in [4.69, 9.17) is 0 Å². The predicted octanol–water partition coefficient (Wildman–Crippen LogP) is 4.54. The zero-order valence-corrected chi connectivity index (χ0v) is 11.9. The number of rotatable bonds is 6. The number of allylic oxidation sites excluding steroid dienone is 1. The minimum absolute atomic E-state index is 0.198. The Hall–Kier alpha value is -1.86. The zero-order chi connectivity index (χ0) is 14.2. The van der Waals surface area contributed by atoms with Crippen molar-refractivity contribution in [3.63, 3.8) is 0 Å². The number of benzene rings is 2. The number of hydrogen-bond acceptors (Lipinski definition) is 1. The van der Waals surface area contributed by atoms with Gasteiger partial charge in [-0.15, -0.1) is 0 Å². The molecule has 0 aliphatic rings. The monoisotopic (exact) mass is 266 g/mol. The molecule has 1 nitrogen and oxygen atoms in total. The highest BCUT2D eigenvalue weighted by atomic mass is 16.3. The second-order valence-electron chi connectivity index (χ2n) is 5.04. The molecule has 1 atom stereocenters. The quantitative estimate of drug-likeness (QED) is 0.761. The van der Waals surface area contributed by atoms with Gasteiger partial charge in [-0.3, -0.25) is 0 Å². The van der Waals surface area contributed by atoms with Crippen molar-refractivity contribution in [2.24, 2.45) is 0 Å². The summed E-state index contributed by atoms with van der Waals surface area (Å²) < 4.78 is 0. The van der Waals surface area contributed by atoms with Crippen molar-refractivity contribution in [3.05, 3.63) is 83.9 Å². The first-order valence-electron chi connectivity index (χ1n) is 7.27. The third-order valence-electron chi connectivity index (χ3n) is 3.43. The molecule has 0 amide bonds. The van der Waals surface area contributed by atoms with Crippen molar-refractivity contribution in [2.75, 3.05) is 0 Å². The average Bonchev–Trinajstić information content (AvgIpc) is 2.50. The van der Waals surface area contributed by atoms with E-state index in [1.807, 2.05) is 18.2 Å². The molecule has 2 rings (SSSR count). The molecule has 0 saturated carbocycles. The fourth-order valence-corrected chi connectivity index (χ4v) is 2.37. The van der Waals surface area contributed by atoms with Gasteiger partial charge >= 0.3 is 0 Å². The Bertz CT molecular complexity index is 476. The molecule has 20 heavy (non-hydrogen) atoms. The molecule has 0 aromatic heterocycles. The topological polar surface area (TPSA) is 20.2 Å². The highest BCUT2D eigenvalue weighted by Crippen LogP contribution is 2.26. The van der Waals surface area contributed by atoms with Gasteiger partial charge in [-0.05, 0) is 17.5 Å². The maximum Gasteiger partial charge on any atom is 0.0721 e. The van der Waals surface area contributed by atoms with Gasteiger partial charge in [-0.2, -0.15) is 0 Å². The van der Waals surface area contributed by atoms with Crippen molar-refractivity contribution >= 4 is 0 Å². The van der Waals surface area contributed by atoms with Crippen molar-refractivity contribution in [1.29, 1.82) is 0 Å². The lowest BCUT2D eigenvalue weighted by molar-refractivity contribution is 0.211. The molecule has 104 valence electrons. The van der Waals surface area contributed by atoms with Crippen molar-refractivity contribution < 1.29 is 5.11 Å². The summed E-state index contributed by atoms with van der Waals surface area (Å²) in [6, 6.07) is 20.8. The lowest BCUT2D eigenvalue weighted by Gasteiger charge is -2.15. The van der Waals surface area contributed by atoms with Gasteiger partial charge in [0, 0.05) is 5.92 Å². The number of aliphatic hydroxyl groups excluding tert-OH is 1. The van der Waals surface area contributed by atoms with Crippen LogP contribution in [0.1, 0.15) is 36.8 Å². The maximum atomic E-state index is 9.91. The van der Waals surface area contributed by atoms with Crippen LogP contribution in [-0.2, 0) is 0 Å². The summed E-state index contributed by atoms with van der Waals surface area (Å²) in [6.45, 7) is 2.09. The minimum atomic E-state index is -0.352. The van der Waals surface area contributed by atoms with Gasteiger partial charge < -0.3 is 5.11 Å². The zero-order valence-electron chi connectivity index (χ0n) is 11.9. The van der Waals surface area contributed by atoms with Crippen molar-refractivity contribution in [1.82, 2.24) is 0 Å². The largest absolute Gasteiger partial charge is 0.389 e. The van der Waals surface area contributed by atoms with E-state index in [1.54, 1.807) is 0 Å². The molecule has 2 aromatic carbocycles. The molecule has 1 unspecified atom stereocenters. The van der Waals surface area contributed by atoms with Crippen molar-refractivity contribution in [3.8, 4) is 0 Å². The third kappa shape index (κ3) is 4.07. The Balaban J connectivity index is 2.26. The highest BCUT2D eigenvalue weighted by molar-refractivity contribution is 5.36. The summed E-state index contributed by atoms with van der Waals surface area (Å²) in [5, 5.41) is 9.91. The molecule has 0 saturated heterocycles. The Morgan fingerprint density at radius 1 is 0.850 bits per heavy atom. The Morgan fingerprint density at radius 2 is 1.35 bits per heavy atom. The summed E-state index contributed by atoms with van der Waals surface area (Å²) in [5.74, 6) is 0.198. The van der Waals surface area contributed by atoms with Crippen LogP contribution in [0.5, 0.6) is 0 Å². The van der Waals surface area contributed by atoms with Gasteiger partial charge in [0.2, 0.25) is 0 Å². The normalized spacial score (nSPS) is 12.9. The van der Waals surface area contributed by atoms with Crippen LogP contribution in [0.2, 0.25) is 0 Å². The van der Waals surface area contributed by atoms with Gasteiger partial charge in [-0.1, -0.05) is 86.2 Å². The van der Waals surface area contributed by atoms with E-state index in [1.165, 1.54) is 11.1 Å². The number of hydrogen-bond donors (Lipinski definition) is 1. The van der Waals surface area contributed by atoms with Crippen molar-refractivity contribution in [2.45, 2.75) is 31.8 Å². The molecule has 1 heteroatoms. The molecule has 0 aliphatic carbocycles. The lowest BCUT2D eigenvalue weighted by Crippen LogP contribution is -2.03. The molecule has 2 aromatic rings. The van der Waals surface area contributed by atoms with Crippen LogP contribution in [0, 0.1) is 0 Å². The summed E-state index contributed by atoms with van der Waals surface area (Å²) in [6.07, 6.45) is 5.49. The van der Waals surface area contributed by atoms with E-state index in [0.29, 0.717) is 0 Å². The first-order chi connectivity index (χ1) is 9.81. The second-order valence-corrected chi connectivity index (χ2v) is 5.04. The smallest absolute Gasteiger partial charge is 0.0721 e. The molecular weight excluding hydrogens is 244 g/mol. The fraction of sp³-hybridized carbons (Fsp3) is 0.263. The predicted molar refractivity (Wildman–Crippen MR) is 84.8 cm³/mol. The Morgan fingerprint density at radius 3 is 1.80 bits per heavy atom. The Labute approximate surface area is 121 Å². The van der Waals surface area contributed by atoms with E-state index in [0.717, 1.165) is 12.8 Å². The second kappa shape index (κ2) is 7.66. The highest BCUT2D eigenvalue weighted by Gasteiger charge is 2.10. The third-order valence-corrected chi connectivity index (χ3v) is 3.43. The van der Waals surface area contributed by atoms with E-state index in [2.05, 4.69) is 61.5 Å². The summed E-state index contributed by atoms with van der Waals surface area (Å²) in [4.78, 5) is 0. The van der Waals surface area contributed by atoms with Crippen LogP contribution in [-0.4, -0.2) is 11.2 Å².